The highest BCUT2D eigenvalue weighted by Gasteiger charge is 2.50. The molecular formula is C33H50O. The van der Waals surface area contributed by atoms with Gasteiger partial charge in [0.1, 0.15) is 0 Å². The van der Waals surface area contributed by atoms with Crippen LogP contribution < -0.4 is 0 Å². The maximum atomic E-state index is 11.9. The fourth-order valence-electron chi connectivity index (χ4n) is 10.1. The molecule has 6 unspecified atom stereocenters. The first-order chi connectivity index (χ1) is 16.7. The molecular weight excluding hydrogens is 412 g/mol. The summed E-state index contributed by atoms with van der Waals surface area (Å²) in [6.07, 6.45) is 31.0. The Morgan fingerprint density at radius 2 is 1.56 bits per heavy atom. The summed E-state index contributed by atoms with van der Waals surface area (Å²) >= 11 is 0. The van der Waals surface area contributed by atoms with Gasteiger partial charge in [0, 0.05) is 0 Å². The molecule has 0 aromatic rings. The molecule has 0 aliphatic heterocycles. The smallest absolute Gasteiger partial charge is 0.0614 e. The summed E-state index contributed by atoms with van der Waals surface area (Å²) in [4.78, 5) is 0. The molecule has 6 aliphatic rings. The molecule has 3 fully saturated rings. The van der Waals surface area contributed by atoms with E-state index in [1.807, 2.05) is 0 Å². The van der Waals surface area contributed by atoms with Crippen molar-refractivity contribution in [3.63, 3.8) is 0 Å². The predicted octanol–water partition coefficient (Wildman–Crippen LogP) is 8.79. The standard InChI is InChI=1S/C33H50O/c1-22-16-17-26-21-31(34)33(32(30(26)18-22)24-12-6-3-7-13-24)27-19-25-14-8-9-15-28(25)29(20-27)23-10-4-2-5-11-23/h4,10,18,23-25,27-29,31-34H,2-3,5-9,11-17,19-21H2,1H3/t23?,25?,27-,28?,29?,31?,32?,33+/m0/s1. The molecule has 188 valence electrons. The highest BCUT2D eigenvalue weighted by Crippen LogP contribution is 2.57. The number of aliphatic hydroxyl groups excluding tert-OH is 1. The van der Waals surface area contributed by atoms with Crippen molar-refractivity contribution < 1.29 is 5.11 Å². The van der Waals surface area contributed by atoms with Gasteiger partial charge in [0.05, 0.1) is 6.10 Å². The van der Waals surface area contributed by atoms with E-state index >= 15 is 0 Å². The molecule has 6 aliphatic carbocycles. The lowest BCUT2D eigenvalue weighted by Gasteiger charge is -2.54. The van der Waals surface area contributed by atoms with Crippen LogP contribution >= 0.6 is 0 Å². The molecule has 0 spiro atoms. The number of fused-ring (bicyclic) bond motifs is 1. The molecule has 0 radical (unpaired) electrons. The maximum Gasteiger partial charge on any atom is 0.0614 e. The first-order valence-corrected chi connectivity index (χ1v) is 15.4. The van der Waals surface area contributed by atoms with Gasteiger partial charge in [-0.3, -0.25) is 0 Å². The normalized spacial score (nSPS) is 43.8. The summed E-state index contributed by atoms with van der Waals surface area (Å²) in [6.45, 7) is 2.36. The highest BCUT2D eigenvalue weighted by atomic mass is 16.3. The summed E-state index contributed by atoms with van der Waals surface area (Å²) in [5.74, 6) is 6.33. The summed E-state index contributed by atoms with van der Waals surface area (Å²) < 4.78 is 0. The van der Waals surface area contributed by atoms with Crippen molar-refractivity contribution in [2.24, 2.45) is 47.3 Å². The van der Waals surface area contributed by atoms with Gasteiger partial charge in [0.2, 0.25) is 0 Å². The zero-order valence-corrected chi connectivity index (χ0v) is 21.9. The van der Waals surface area contributed by atoms with Gasteiger partial charge in [0.25, 0.3) is 0 Å². The molecule has 34 heavy (non-hydrogen) atoms. The lowest BCUT2D eigenvalue weighted by Crippen LogP contribution is -2.48. The van der Waals surface area contributed by atoms with E-state index in [4.69, 9.17) is 0 Å². The molecule has 6 rings (SSSR count). The van der Waals surface area contributed by atoms with E-state index in [1.165, 1.54) is 103 Å². The Bertz CT molecular complexity index is 810. The average molecular weight is 463 g/mol. The van der Waals surface area contributed by atoms with Crippen molar-refractivity contribution in [2.45, 2.75) is 122 Å². The van der Waals surface area contributed by atoms with Crippen LogP contribution in [0.5, 0.6) is 0 Å². The maximum absolute atomic E-state index is 11.9. The van der Waals surface area contributed by atoms with Crippen LogP contribution in [0, 0.1) is 47.3 Å². The van der Waals surface area contributed by atoms with E-state index < -0.39 is 0 Å². The number of allylic oxidation sites excluding steroid dienone is 5. The molecule has 0 aromatic heterocycles. The molecule has 8 atom stereocenters. The summed E-state index contributed by atoms with van der Waals surface area (Å²) in [5.41, 5.74) is 4.96. The Labute approximate surface area is 209 Å². The Kier molecular flexibility index (Phi) is 7.12. The van der Waals surface area contributed by atoms with Crippen LogP contribution in [0.2, 0.25) is 0 Å². The van der Waals surface area contributed by atoms with Crippen LogP contribution in [0.3, 0.4) is 0 Å². The summed E-state index contributed by atoms with van der Waals surface area (Å²) in [5, 5.41) is 11.9. The third kappa shape index (κ3) is 4.53. The Balaban J connectivity index is 1.34. The SMILES string of the molecule is CC1=CC2=C(CC1)CC(O)[C@@H]([C@H]1CC3CCCCC3C(C3C=CCCC3)C1)C2C1CCCCC1. The molecule has 0 amide bonds. The van der Waals surface area contributed by atoms with Crippen LogP contribution in [0.25, 0.3) is 0 Å². The van der Waals surface area contributed by atoms with E-state index in [1.54, 1.807) is 16.7 Å². The Morgan fingerprint density at radius 3 is 2.38 bits per heavy atom. The number of aliphatic hydroxyl groups is 1. The van der Waals surface area contributed by atoms with Gasteiger partial charge in [-0.05, 0) is 130 Å². The van der Waals surface area contributed by atoms with Crippen molar-refractivity contribution in [1.82, 2.24) is 0 Å². The molecule has 0 aromatic carbocycles. The third-order valence-electron chi connectivity index (χ3n) is 11.5. The molecule has 1 N–H and O–H groups in total. The largest absolute Gasteiger partial charge is 0.392 e. The van der Waals surface area contributed by atoms with E-state index in [0.29, 0.717) is 11.8 Å². The Hall–Kier alpha value is -0.820. The Morgan fingerprint density at radius 1 is 0.765 bits per heavy atom. The minimum atomic E-state index is -0.0924. The van der Waals surface area contributed by atoms with Crippen molar-refractivity contribution >= 4 is 0 Å². The monoisotopic (exact) mass is 462 g/mol. The second kappa shape index (κ2) is 10.3. The minimum absolute atomic E-state index is 0.0924. The topological polar surface area (TPSA) is 20.2 Å². The van der Waals surface area contributed by atoms with Gasteiger partial charge in [-0.15, -0.1) is 0 Å². The van der Waals surface area contributed by atoms with Gasteiger partial charge in [-0.25, -0.2) is 0 Å². The van der Waals surface area contributed by atoms with Gasteiger partial charge in [-0.1, -0.05) is 67.9 Å². The highest BCUT2D eigenvalue weighted by molar-refractivity contribution is 5.39. The van der Waals surface area contributed by atoms with Gasteiger partial charge >= 0.3 is 0 Å². The summed E-state index contributed by atoms with van der Waals surface area (Å²) in [7, 11) is 0. The number of rotatable bonds is 3. The minimum Gasteiger partial charge on any atom is -0.392 e. The molecule has 0 heterocycles. The second-order valence-electron chi connectivity index (χ2n) is 13.4. The van der Waals surface area contributed by atoms with Crippen molar-refractivity contribution in [3.05, 3.63) is 34.9 Å². The zero-order chi connectivity index (χ0) is 23.1. The molecule has 0 bridgehead atoms. The van der Waals surface area contributed by atoms with Crippen LogP contribution in [-0.2, 0) is 0 Å². The molecule has 0 saturated heterocycles. The van der Waals surface area contributed by atoms with Crippen molar-refractivity contribution in [3.8, 4) is 0 Å². The lowest BCUT2D eigenvalue weighted by molar-refractivity contribution is -0.0465. The van der Waals surface area contributed by atoms with Gasteiger partial charge < -0.3 is 5.11 Å². The second-order valence-corrected chi connectivity index (χ2v) is 13.4. The quantitative estimate of drug-likeness (QED) is 0.415. The lowest BCUT2D eigenvalue weighted by atomic mass is 9.52. The molecule has 1 nitrogen and oxygen atoms in total. The van der Waals surface area contributed by atoms with Crippen LogP contribution in [-0.4, -0.2) is 11.2 Å². The fourth-order valence-corrected chi connectivity index (χ4v) is 10.1. The van der Waals surface area contributed by atoms with Crippen molar-refractivity contribution in [1.29, 1.82) is 0 Å². The average Bonchev–Trinajstić information content (AvgIpc) is 2.88. The zero-order valence-electron chi connectivity index (χ0n) is 21.9. The number of hydrogen-bond donors (Lipinski definition) is 1. The fraction of sp³-hybridized carbons (Fsp3) is 0.818. The first-order valence-electron chi connectivity index (χ1n) is 15.4. The van der Waals surface area contributed by atoms with Crippen LogP contribution in [0.4, 0.5) is 0 Å². The van der Waals surface area contributed by atoms with E-state index in [2.05, 4.69) is 25.2 Å². The third-order valence-corrected chi connectivity index (χ3v) is 11.5. The van der Waals surface area contributed by atoms with E-state index in [9.17, 15) is 5.11 Å². The predicted molar refractivity (Wildman–Crippen MR) is 142 cm³/mol. The van der Waals surface area contributed by atoms with Crippen LogP contribution in [0.15, 0.2) is 34.9 Å². The van der Waals surface area contributed by atoms with Gasteiger partial charge in [0.15, 0.2) is 0 Å². The molecule has 1 heteroatoms. The summed E-state index contributed by atoms with van der Waals surface area (Å²) in [6, 6.07) is 0. The van der Waals surface area contributed by atoms with E-state index in [0.717, 1.165) is 41.9 Å². The molecule has 3 saturated carbocycles. The van der Waals surface area contributed by atoms with Crippen LogP contribution in [0.1, 0.15) is 116 Å². The van der Waals surface area contributed by atoms with Crippen molar-refractivity contribution in [2.75, 3.05) is 0 Å². The number of hydrogen-bond acceptors (Lipinski definition) is 1. The van der Waals surface area contributed by atoms with E-state index in [-0.39, 0.29) is 6.10 Å². The van der Waals surface area contributed by atoms with Gasteiger partial charge in [-0.2, -0.15) is 0 Å². The first kappa shape index (κ1) is 23.6.